The van der Waals surface area contributed by atoms with E-state index < -0.39 is 131 Å². The van der Waals surface area contributed by atoms with Crippen LogP contribution in [0, 0.1) is 6.92 Å². The van der Waals surface area contributed by atoms with Crippen molar-refractivity contribution < 1.29 is 89.3 Å². The van der Waals surface area contributed by atoms with E-state index in [2.05, 4.69) is 15.6 Å². The fourth-order valence-electron chi connectivity index (χ4n) is 5.69. The predicted octanol–water partition coefficient (Wildman–Crippen LogP) is -0.728. The summed E-state index contributed by atoms with van der Waals surface area (Å²) in [5, 5.41) is -0.512. The Kier molecular flexibility index (Phi) is 17.3. The number of hydrazine groups is 1. The second-order valence-corrected chi connectivity index (χ2v) is 14.8. The fraction of sp³-hybridized carbons (Fsp3) is 0.588. The van der Waals surface area contributed by atoms with Crippen LogP contribution in [0.1, 0.15) is 54.0 Å². The van der Waals surface area contributed by atoms with Crippen molar-refractivity contribution in [2.24, 2.45) is 0 Å². The highest BCUT2D eigenvalue weighted by molar-refractivity contribution is 7.91. The maximum atomic E-state index is 13.0. The summed E-state index contributed by atoms with van der Waals surface area (Å²) >= 11 is 5.18. The minimum absolute atomic E-state index is 0.118. The summed E-state index contributed by atoms with van der Waals surface area (Å²) < 4.78 is 84.3. The maximum Gasteiger partial charge on any atom is 0.303 e. The number of benzene rings is 1. The topological polar surface area (TPSA) is 282 Å². The molecular formula is C34H45N3O19S2. The van der Waals surface area contributed by atoms with E-state index in [0.29, 0.717) is 0 Å². The normalized spacial score (nSPS) is 26.8. The van der Waals surface area contributed by atoms with Gasteiger partial charge < -0.3 is 47.4 Å². The Morgan fingerprint density at radius 3 is 1.52 bits per heavy atom. The van der Waals surface area contributed by atoms with Gasteiger partial charge in [0, 0.05) is 48.5 Å². The number of hydrogen-bond acceptors (Lipinski definition) is 21. The zero-order valence-electron chi connectivity index (χ0n) is 32.6. The summed E-state index contributed by atoms with van der Waals surface area (Å²) in [4.78, 5) is 85.9. The Morgan fingerprint density at radius 2 is 1.03 bits per heavy atom. The van der Waals surface area contributed by atoms with E-state index >= 15 is 0 Å². The van der Waals surface area contributed by atoms with E-state index in [1.165, 1.54) is 12.1 Å². The van der Waals surface area contributed by atoms with Gasteiger partial charge >= 0.3 is 41.8 Å². The van der Waals surface area contributed by atoms with Crippen molar-refractivity contribution in [1.82, 2.24) is 15.6 Å². The van der Waals surface area contributed by atoms with Crippen molar-refractivity contribution in [1.29, 1.82) is 0 Å². The minimum atomic E-state index is -4.20. The van der Waals surface area contributed by atoms with E-state index in [1.54, 1.807) is 19.1 Å². The number of hydrogen-bond donors (Lipinski definition) is 3. The summed E-state index contributed by atoms with van der Waals surface area (Å²) in [5.74, 6) is -6.29. The van der Waals surface area contributed by atoms with Gasteiger partial charge in [-0.2, -0.15) is 0 Å². The van der Waals surface area contributed by atoms with Gasteiger partial charge in [0.2, 0.25) is 0 Å². The molecule has 0 aromatic heterocycles. The number of aryl methyl sites for hydroxylation is 1. The zero-order chi connectivity index (χ0) is 43.5. The van der Waals surface area contributed by atoms with E-state index in [4.69, 9.17) is 59.6 Å². The van der Waals surface area contributed by atoms with Gasteiger partial charge in [-0.1, -0.05) is 17.7 Å². The van der Waals surface area contributed by atoms with E-state index in [0.717, 1.165) is 54.0 Å². The molecule has 2 heterocycles. The fourth-order valence-corrected chi connectivity index (χ4v) is 6.98. The van der Waals surface area contributed by atoms with Gasteiger partial charge in [-0.3, -0.25) is 43.7 Å². The molecule has 322 valence electrons. The molecule has 2 aliphatic rings. The predicted molar refractivity (Wildman–Crippen MR) is 194 cm³/mol. The molecule has 22 nitrogen and oxygen atoms in total. The lowest BCUT2D eigenvalue weighted by molar-refractivity contribution is -0.346. The summed E-state index contributed by atoms with van der Waals surface area (Å²) in [6, 6.07) is 5.84. The molecule has 0 spiro atoms. The molecule has 2 saturated heterocycles. The Labute approximate surface area is 338 Å². The number of thiocarbonyl (C=S) groups is 1. The van der Waals surface area contributed by atoms with Gasteiger partial charge in [0.15, 0.2) is 48.2 Å². The largest absolute Gasteiger partial charge is 0.463 e. The average molecular weight is 864 g/mol. The number of rotatable bonds is 15. The molecule has 0 aliphatic carbocycles. The molecule has 1 unspecified atom stereocenters. The molecule has 58 heavy (non-hydrogen) atoms. The van der Waals surface area contributed by atoms with Crippen LogP contribution < -0.4 is 15.6 Å². The van der Waals surface area contributed by atoms with Crippen molar-refractivity contribution >= 4 is 69.1 Å². The highest BCUT2D eigenvalue weighted by Gasteiger charge is 2.57. The van der Waals surface area contributed by atoms with Crippen LogP contribution in [0.5, 0.6) is 0 Å². The number of nitrogens with one attached hydrogen (secondary N) is 3. The van der Waals surface area contributed by atoms with Crippen LogP contribution in [0.2, 0.25) is 0 Å². The van der Waals surface area contributed by atoms with Gasteiger partial charge in [-0.05, 0) is 31.3 Å². The van der Waals surface area contributed by atoms with Crippen molar-refractivity contribution in [2.75, 3.05) is 13.2 Å². The van der Waals surface area contributed by atoms with Gasteiger partial charge in [0.05, 0.1) is 4.90 Å². The molecule has 3 N–H and O–H groups in total. The number of esters is 7. The number of ether oxygens (including phenoxy) is 10. The molecule has 24 heteroatoms. The highest BCUT2D eigenvalue weighted by Crippen LogP contribution is 2.35. The molecule has 3 rings (SSSR count). The van der Waals surface area contributed by atoms with Crippen molar-refractivity contribution in [3.8, 4) is 0 Å². The summed E-state index contributed by atoms with van der Waals surface area (Å²) in [5.41, 5.74) is 5.79. The Bertz CT molecular complexity index is 1810. The minimum Gasteiger partial charge on any atom is -0.463 e. The molecule has 2 aliphatic heterocycles. The summed E-state index contributed by atoms with van der Waals surface area (Å²) in [6.07, 6.45) is -16.6. The lowest BCUT2D eigenvalue weighted by Crippen LogP contribution is -2.69. The van der Waals surface area contributed by atoms with Gasteiger partial charge in [-0.25, -0.2) is 13.8 Å². The standard InChI is InChI=1S/C34H45N3O19S2/c1-15-9-11-23(12-10-15)58(45,46)37-34(57)36-35-32-30(52-21(7)43)28(50-19(5)41)27(24(54-32)13-47-16(2)38)56-33-31(53-22(8)44)29(51-20(6)42)26(49-18(4)40)25(55-33)14-48-17(3)39/h9-12,24-33,35H,13-14H2,1-8H3,(H2,36,37,57)/t24-,25-,26+,27-,28+,29+,30-,31-,32?,33+/m1/s1. The third kappa shape index (κ3) is 14.1. The lowest BCUT2D eigenvalue weighted by atomic mass is 9.95. The van der Waals surface area contributed by atoms with Crippen LogP contribution in [-0.2, 0) is 91.0 Å². The quantitative estimate of drug-likeness (QED) is 0.0848. The number of carbonyl (C=O) groups excluding carboxylic acids is 7. The van der Waals surface area contributed by atoms with Crippen molar-refractivity contribution in [2.45, 2.75) is 122 Å². The molecule has 1 aromatic carbocycles. The summed E-state index contributed by atoms with van der Waals surface area (Å²) in [6.45, 7) is 7.67. The molecule has 1 aromatic rings. The van der Waals surface area contributed by atoms with Crippen LogP contribution in [0.15, 0.2) is 29.2 Å². The molecule has 10 atom stereocenters. The van der Waals surface area contributed by atoms with Crippen LogP contribution >= 0.6 is 12.2 Å². The second-order valence-electron chi connectivity index (χ2n) is 12.7. The number of sulfonamides is 1. The third-order valence-electron chi connectivity index (χ3n) is 7.81. The second kappa shape index (κ2) is 21.1. The maximum absolute atomic E-state index is 13.0. The van der Waals surface area contributed by atoms with Gasteiger partial charge in [0.1, 0.15) is 31.5 Å². The van der Waals surface area contributed by atoms with Gasteiger partial charge in [0.25, 0.3) is 10.0 Å². The number of carbonyl (C=O) groups is 7. The highest BCUT2D eigenvalue weighted by atomic mass is 32.2. The first-order valence-corrected chi connectivity index (χ1v) is 19.2. The van der Waals surface area contributed by atoms with E-state index in [-0.39, 0.29) is 4.90 Å². The molecule has 0 radical (unpaired) electrons. The van der Waals surface area contributed by atoms with Crippen LogP contribution in [0.4, 0.5) is 0 Å². The molecular weight excluding hydrogens is 819 g/mol. The monoisotopic (exact) mass is 863 g/mol. The van der Waals surface area contributed by atoms with Crippen LogP contribution in [-0.4, -0.2) is 130 Å². The molecule has 0 saturated carbocycles. The Hall–Kier alpha value is -5.01. The molecule has 2 fully saturated rings. The average Bonchev–Trinajstić information content (AvgIpc) is 3.09. The summed E-state index contributed by atoms with van der Waals surface area (Å²) in [7, 11) is -4.20. The van der Waals surface area contributed by atoms with Gasteiger partial charge in [-0.15, -0.1) is 0 Å². The first-order chi connectivity index (χ1) is 27.1. The van der Waals surface area contributed by atoms with E-state index in [9.17, 15) is 42.0 Å². The molecule has 0 amide bonds. The Morgan fingerprint density at radius 1 is 0.603 bits per heavy atom. The first-order valence-electron chi connectivity index (χ1n) is 17.3. The van der Waals surface area contributed by atoms with E-state index in [1.807, 2.05) is 0 Å². The first kappa shape index (κ1) is 47.4. The SMILES string of the molecule is CC(=O)OC[C@H]1O[C@@H](O[C@H]2[C@H](OC(C)=O)[C@@H](OC(C)=O)C(NNC(=S)NS(=O)(=O)c3ccc(C)cc3)O[C@@H]2COC(C)=O)[C@H](OC(C)=O)[C@@H](OC(C)=O)[C@H]1OC(C)=O. The van der Waals surface area contributed by atoms with Crippen molar-refractivity contribution in [3.05, 3.63) is 29.8 Å². The molecule has 0 bridgehead atoms. The van der Waals surface area contributed by atoms with Crippen LogP contribution in [0.25, 0.3) is 0 Å². The lowest BCUT2D eigenvalue weighted by Gasteiger charge is -2.48. The third-order valence-corrected chi connectivity index (χ3v) is 9.51. The Balaban J connectivity index is 2.09. The zero-order valence-corrected chi connectivity index (χ0v) is 34.2. The van der Waals surface area contributed by atoms with Crippen molar-refractivity contribution in [3.63, 3.8) is 0 Å². The van der Waals surface area contributed by atoms with Crippen LogP contribution in [0.3, 0.4) is 0 Å². The smallest absolute Gasteiger partial charge is 0.303 e.